The normalized spacial score (nSPS) is 15.6. The first kappa shape index (κ1) is 19.7. The summed E-state index contributed by atoms with van der Waals surface area (Å²) in [5.41, 5.74) is 0.275. The quantitative estimate of drug-likeness (QED) is 0.755. The summed E-state index contributed by atoms with van der Waals surface area (Å²) < 4.78 is 31.7. The van der Waals surface area contributed by atoms with Crippen LogP contribution in [0.3, 0.4) is 0 Å². The molecule has 0 aliphatic carbocycles. The number of halogens is 1. The minimum absolute atomic E-state index is 0.0422. The lowest BCUT2D eigenvalue weighted by Crippen LogP contribution is -2.35. The van der Waals surface area contributed by atoms with Crippen molar-refractivity contribution in [2.75, 3.05) is 25.0 Å². The molecule has 0 radical (unpaired) electrons. The minimum Gasteiger partial charge on any atom is -0.456 e. The Morgan fingerprint density at radius 3 is 2.56 bits per heavy atom. The van der Waals surface area contributed by atoms with Crippen LogP contribution in [0.4, 0.5) is 5.69 Å². The van der Waals surface area contributed by atoms with Gasteiger partial charge >= 0.3 is 5.97 Å². The van der Waals surface area contributed by atoms with Gasteiger partial charge in [-0.05, 0) is 31.0 Å². The second-order valence-electron chi connectivity index (χ2n) is 5.67. The van der Waals surface area contributed by atoms with Gasteiger partial charge in [0.15, 0.2) is 6.61 Å². The van der Waals surface area contributed by atoms with Crippen LogP contribution in [0.1, 0.15) is 32.6 Å². The van der Waals surface area contributed by atoms with E-state index in [4.69, 9.17) is 16.3 Å². The summed E-state index contributed by atoms with van der Waals surface area (Å²) in [4.78, 5) is 22.8. The van der Waals surface area contributed by atoms with E-state index in [-0.39, 0.29) is 22.0 Å². The number of carbonyl (C=O) groups is 2. The highest BCUT2D eigenvalue weighted by Crippen LogP contribution is 2.29. The molecule has 0 saturated carbocycles. The van der Waals surface area contributed by atoms with Gasteiger partial charge in [0.1, 0.15) is 4.90 Å². The van der Waals surface area contributed by atoms with Crippen LogP contribution >= 0.6 is 11.6 Å². The number of hydrogen-bond acceptors (Lipinski definition) is 5. The van der Waals surface area contributed by atoms with Crippen molar-refractivity contribution in [2.24, 2.45) is 0 Å². The summed E-state index contributed by atoms with van der Waals surface area (Å²) in [5, 5.41) is 2.60. The van der Waals surface area contributed by atoms with Gasteiger partial charge in [0, 0.05) is 25.2 Å². The number of sulfonamides is 1. The standard InChI is InChI=1S/C16H21ClN2O5S/c1-2-16(21)24-11-15(20)18-12-6-7-13(17)14(10-12)25(22,23)19-8-4-3-5-9-19/h6-7,10H,2-5,8-9,11H2,1H3,(H,18,20). The smallest absolute Gasteiger partial charge is 0.306 e. The summed E-state index contributed by atoms with van der Waals surface area (Å²) in [6, 6.07) is 4.25. The average molecular weight is 389 g/mol. The van der Waals surface area contributed by atoms with Crippen LogP contribution in [0.5, 0.6) is 0 Å². The Morgan fingerprint density at radius 2 is 1.92 bits per heavy atom. The number of amides is 1. The van der Waals surface area contributed by atoms with E-state index in [2.05, 4.69) is 5.32 Å². The van der Waals surface area contributed by atoms with Gasteiger partial charge < -0.3 is 10.1 Å². The van der Waals surface area contributed by atoms with Crippen LogP contribution in [0.15, 0.2) is 23.1 Å². The number of ether oxygens (including phenoxy) is 1. The molecule has 1 fully saturated rings. The van der Waals surface area contributed by atoms with Crippen LogP contribution in [-0.4, -0.2) is 44.3 Å². The van der Waals surface area contributed by atoms with Crippen LogP contribution < -0.4 is 5.32 Å². The first-order valence-corrected chi connectivity index (χ1v) is 9.91. The monoisotopic (exact) mass is 388 g/mol. The van der Waals surface area contributed by atoms with Gasteiger partial charge in [-0.2, -0.15) is 4.31 Å². The number of carbonyl (C=O) groups excluding carboxylic acids is 2. The molecule has 7 nitrogen and oxygen atoms in total. The topological polar surface area (TPSA) is 92.8 Å². The van der Waals surface area contributed by atoms with Crippen molar-refractivity contribution in [1.82, 2.24) is 4.31 Å². The number of hydrogen-bond donors (Lipinski definition) is 1. The summed E-state index contributed by atoms with van der Waals surface area (Å²) in [6.07, 6.45) is 2.81. The average Bonchev–Trinajstić information content (AvgIpc) is 2.61. The number of anilines is 1. The molecule has 1 aromatic carbocycles. The summed E-state index contributed by atoms with van der Waals surface area (Å²) >= 11 is 6.07. The molecular formula is C16H21ClN2O5S. The molecule has 0 spiro atoms. The van der Waals surface area contributed by atoms with E-state index in [1.807, 2.05) is 0 Å². The predicted molar refractivity (Wildman–Crippen MR) is 93.9 cm³/mol. The van der Waals surface area contributed by atoms with Crippen LogP contribution in [0.25, 0.3) is 0 Å². The zero-order valence-electron chi connectivity index (χ0n) is 14.0. The Hall–Kier alpha value is -1.64. The van der Waals surface area contributed by atoms with E-state index < -0.39 is 28.5 Å². The predicted octanol–water partition coefficient (Wildman–Crippen LogP) is 2.41. The van der Waals surface area contributed by atoms with E-state index in [0.717, 1.165) is 19.3 Å². The van der Waals surface area contributed by atoms with Gasteiger partial charge in [-0.1, -0.05) is 24.9 Å². The highest BCUT2D eigenvalue weighted by atomic mass is 35.5. The molecule has 0 aromatic heterocycles. The van der Waals surface area contributed by atoms with E-state index in [9.17, 15) is 18.0 Å². The maximum Gasteiger partial charge on any atom is 0.306 e. The van der Waals surface area contributed by atoms with Crippen LogP contribution in [-0.2, 0) is 24.3 Å². The first-order valence-electron chi connectivity index (χ1n) is 8.09. The van der Waals surface area contributed by atoms with E-state index in [1.54, 1.807) is 6.92 Å². The van der Waals surface area contributed by atoms with Gasteiger partial charge in [0.25, 0.3) is 5.91 Å². The molecule has 9 heteroatoms. The van der Waals surface area contributed by atoms with Crippen molar-refractivity contribution in [3.05, 3.63) is 23.2 Å². The largest absolute Gasteiger partial charge is 0.456 e. The third kappa shape index (κ3) is 5.17. The van der Waals surface area contributed by atoms with Gasteiger partial charge in [0.2, 0.25) is 10.0 Å². The fraction of sp³-hybridized carbons (Fsp3) is 0.500. The molecule has 1 N–H and O–H groups in total. The van der Waals surface area contributed by atoms with E-state index in [1.165, 1.54) is 22.5 Å². The molecule has 138 valence electrons. The molecule has 0 bridgehead atoms. The van der Waals surface area contributed by atoms with Crippen LogP contribution in [0, 0.1) is 0 Å². The van der Waals surface area contributed by atoms with Crippen molar-refractivity contribution in [2.45, 2.75) is 37.5 Å². The first-order chi connectivity index (χ1) is 11.8. The Balaban J connectivity index is 2.14. The number of benzene rings is 1. The van der Waals surface area contributed by atoms with Gasteiger partial charge in [0.05, 0.1) is 5.02 Å². The number of nitrogens with one attached hydrogen (secondary N) is 1. The number of esters is 1. The Bertz CT molecular complexity index is 745. The lowest BCUT2D eigenvalue weighted by atomic mass is 10.2. The molecule has 1 amide bonds. The van der Waals surface area contributed by atoms with Gasteiger partial charge in [-0.15, -0.1) is 0 Å². The van der Waals surface area contributed by atoms with Crippen molar-refractivity contribution >= 4 is 39.2 Å². The highest BCUT2D eigenvalue weighted by molar-refractivity contribution is 7.89. The SMILES string of the molecule is CCC(=O)OCC(=O)Nc1ccc(Cl)c(S(=O)(=O)N2CCCCC2)c1. The second kappa shape index (κ2) is 8.64. The van der Waals surface area contributed by atoms with Gasteiger partial charge in [-0.25, -0.2) is 8.42 Å². The Morgan fingerprint density at radius 1 is 1.24 bits per heavy atom. The summed E-state index contributed by atoms with van der Waals surface area (Å²) in [7, 11) is -3.72. The number of rotatable bonds is 6. The summed E-state index contributed by atoms with van der Waals surface area (Å²) in [5.74, 6) is -1.04. The second-order valence-corrected chi connectivity index (χ2v) is 7.99. The molecule has 1 aromatic rings. The molecule has 1 heterocycles. The maximum atomic E-state index is 12.8. The third-order valence-corrected chi connectivity index (χ3v) is 6.18. The molecule has 1 aliphatic rings. The Labute approximate surface area is 152 Å². The third-order valence-electron chi connectivity index (χ3n) is 3.80. The van der Waals surface area contributed by atoms with Crippen molar-refractivity contribution in [1.29, 1.82) is 0 Å². The summed E-state index contributed by atoms with van der Waals surface area (Å²) in [6.45, 7) is 2.12. The van der Waals surface area contributed by atoms with Crippen molar-refractivity contribution in [3.8, 4) is 0 Å². The molecule has 0 unspecified atom stereocenters. The fourth-order valence-electron chi connectivity index (χ4n) is 2.47. The zero-order chi connectivity index (χ0) is 18.4. The molecule has 1 aliphatic heterocycles. The van der Waals surface area contributed by atoms with Crippen LogP contribution in [0.2, 0.25) is 5.02 Å². The molecule has 25 heavy (non-hydrogen) atoms. The van der Waals surface area contributed by atoms with E-state index >= 15 is 0 Å². The number of piperidine rings is 1. The number of nitrogens with zero attached hydrogens (tertiary/aromatic N) is 1. The molecule has 2 rings (SSSR count). The van der Waals surface area contributed by atoms with Crippen molar-refractivity contribution < 1.29 is 22.7 Å². The highest BCUT2D eigenvalue weighted by Gasteiger charge is 2.28. The van der Waals surface area contributed by atoms with Crippen molar-refractivity contribution in [3.63, 3.8) is 0 Å². The van der Waals surface area contributed by atoms with Gasteiger partial charge in [-0.3, -0.25) is 9.59 Å². The zero-order valence-corrected chi connectivity index (χ0v) is 15.5. The lowest BCUT2D eigenvalue weighted by molar-refractivity contribution is -0.146. The molecule has 1 saturated heterocycles. The maximum absolute atomic E-state index is 12.8. The fourth-order valence-corrected chi connectivity index (χ4v) is 4.49. The minimum atomic E-state index is -3.72. The molecule has 0 atom stereocenters. The molecular weight excluding hydrogens is 368 g/mol. The van der Waals surface area contributed by atoms with E-state index in [0.29, 0.717) is 13.1 Å². The lowest BCUT2D eigenvalue weighted by Gasteiger charge is -2.26. The Kier molecular flexibility index (Phi) is 6.80.